The number of rotatable bonds is 3. The van der Waals surface area contributed by atoms with E-state index in [1.165, 1.54) is 19.2 Å². The van der Waals surface area contributed by atoms with Crippen molar-refractivity contribution < 1.29 is 9.18 Å². The summed E-state index contributed by atoms with van der Waals surface area (Å²) >= 11 is 13.3. The Hall–Kier alpha value is -2.26. The zero-order valence-corrected chi connectivity index (χ0v) is 15.1. The third-order valence-electron chi connectivity index (χ3n) is 3.53. The molecule has 2 aromatic heterocycles. The number of hydrogen-bond donors (Lipinski definition) is 0. The van der Waals surface area contributed by atoms with Crippen molar-refractivity contribution in [3.05, 3.63) is 63.0 Å². The Morgan fingerprint density at radius 2 is 2.04 bits per heavy atom. The summed E-state index contributed by atoms with van der Waals surface area (Å²) < 4.78 is 13.5. The van der Waals surface area contributed by atoms with Crippen LogP contribution in [0.1, 0.15) is 22.2 Å². The van der Waals surface area contributed by atoms with Gasteiger partial charge in [0, 0.05) is 33.4 Å². The van der Waals surface area contributed by atoms with Gasteiger partial charge in [-0.1, -0.05) is 29.3 Å². The molecule has 0 unspecified atom stereocenters. The van der Waals surface area contributed by atoms with Crippen LogP contribution in [0.4, 0.5) is 4.39 Å². The maximum atomic E-state index is 13.5. The van der Waals surface area contributed by atoms with Crippen LogP contribution in [0.3, 0.4) is 0 Å². The first-order chi connectivity index (χ1) is 11.9. The highest BCUT2D eigenvalue weighted by atomic mass is 35.5. The first-order valence-electron chi connectivity index (χ1n) is 7.07. The van der Waals surface area contributed by atoms with Gasteiger partial charge in [-0.05, 0) is 30.7 Å². The first kappa shape index (κ1) is 17.6. The van der Waals surface area contributed by atoms with Crippen molar-refractivity contribution in [1.82, 2.24) is 4.98 Å². The molecule has 0 aliphatic rings. The highest BCUT2D eigenvalue weighted by Gasteiger charge is 2.24. The van der Waals surface area contributed by atoms with E-state index in [1.54, 1.807) is 24.3 Å². The van der Waals surface area contributed by atoms with Crippen LogP contribution in [-0.4, -0.2) is 10.8 Å². The lowest BCUT2D eigenvalue weighted by Crippen LogP contribution is -1.93. The highest BCUT2D eigenvalue weighted by Crippen LogP contribution is 2.44. The van der Waals surface area contributed by atoms with Gasteiger partial charge >= 0.3 is 0 Å². The zero-order chi connectivity index (χ0) is 18.1. The lowest BCUT2D eigenvalue weighted by Gasteiger charge is -2.06. The van der Waals surface area contributed by atoms with Gasteiger partial charge in [0.15, 0.2) is 5.78 Å². The minimum absolute atomic E-state index is 0.205. The lowest BCUT2D eigenvalue weighted by atomic mass is 9.98. The molecule has 25 heavy (non-hydrogen) atoms. The average molecular weight is 391 g/mol. The number of thiophene rings is 1. The Bertz CT molecular complexity index is 1040. The summed E-state index contributed by atoms with van der Waals surface area (Å²) in [5.74, 6) is -0.867. The Morgan fingerprint density at radius 3 is 2.64 bits per heavy atom. The summed E-state index contributed by atoms with van der Waals surface area (Å²) in [4.78, 5) is 16.5. The summed E-state index contributed by atoms with van der Waals surface area (Å²) in [5, 5.41) is 10.5. The summed E-state index contributed by atoms with van der Waals surface area (Å²) in [6, 6.07) is 9.79. The van der Waals surface area contributed by atoms with Crippen molar-refractivity contribution in [1.29, 1.82) is 5.26 Å². The number of nitriles is 1. The Labute approximate surface area is 157 Å². The minimum atomic E-state index is -0.662. The van der Waals surface area contributed by atoms with Gasteiger partial charge in [0.25, 0.3) is 0 Å². The molecule has 0 saturated heterocycles. The van der Waals surface area contributed by atoms with Gasteiger partial charge in [-0.2, -0.15) is 9.65 Å². The molecule has 1 aromatic carbocycles. The number of pyridine rings is 1. The van der Waals surface area contributed by atoms with Crippen LogP contribution in [0.25, 0.3) is 21.6 Å². The number of Topliss-reactive ketones (excluding diaryl/α,β-unsaturated/α-hetero) is 1. The number of hydrogen-bond acceptors (Lipinski definition) is 4. The third kappa shape index (κ3) is 3.29. The fraction of sp³-hybridized carbons (Fsp3) is 0.0556. The lowest BCUT2D eigenvalue weighted by molar-refractivity contribution is 0.102. The largest absolute Gasteiger partial charge is 0.294 e. The molecule has 0 bridgehead atoms. The quantitative estimate of drug-likeness (QED) is 0.407. The van der Waals surface area contributed by atoms with Crippen LogP contribution in [0.2, 0.25) is 10.0 Å². The number of carbonyl (C=O) groups is 1. The van der Waals surface area contributed by atoms with E-state index in [9.17, 15) is 14.4 Å². The van der Waals surface area contributed by atoms with E-state index in [2.05, 4.69) is 11.1 Å². The molecular formula is C18H9Cl2FN2OS. The monoisotopic (exact) mass is 390 g/mol. The van der Waals surface area contributed by atoms with E-state index in [-0.39, 0.29) is 11.3 Å². The van der Waals surface area contributed by atoms with Crippen molar-refractivity contribution in [3.63, 3.8) is 0 Å². The van der Waals surface area contributed by atoms with Crippen LogP contribution >= 0.6 is 34.5 Å². The molecule has 0 aliphatic heterocycles. The molecule has 0 spiro atoms. The SMILES string of the molecule is CC(=O)c1sc(-c2ccnc(F)c2)c(C#N)c1-c1ccc(Cl)cc1Cl. The predicted octanol–water partition coefficient (Wildman–Crippen LogP) is 6.00. The fourth-order valence-electron chi connectivity index (χ4n) is 2.48. The number of halogens is 3. The summed E-state index contributed by atoms with van der Waals surface area (Å²) in [7, 11) is 0. The van der Waals surface area contributed by atoms with Crippen molar-refractivity contribution in [3.8, 4) is 27.6 Å². The summed E-state index contributed by atoms with van der Waals surface area (Å²) in [6.07, 6.45) is 1.31. The summed E-state index contributed by atoms with van der Waals surface area (Å²) in [6.45, 7) is 1.41. The number of carbonyl (C=O) groups excluding carboxylic acids is 1. The Balaban J connectivity index is 2.35. The van der Waals surface area contributed by atoms with Gasteiger partial charge in [0.2, 0.25) is 5.95 Å². The van der Waals surface area contributed by atoms with Gasteiger partial charge in [-0.25, -0.2) is 4.98 Å². The van der Waals surface area contributed by atoms with E-state index in [4.69, 9.17) is 23.2 Å². The molecule has 0 atom stereocenters. The van der Waals surface area contributed by atoms with Crippen LogP contribution in [-0.2, 0) is 0 Å². The smallest absolute Gasteiger partial charge is 0.213 e. The Morgan fingerprint density at radius 1 is 1.28 bits per heavy atom. The second-order valence-electron chi connectivity index (χ2n) is 5.17. The van der Waals surface area contributed by atoms with Crippen LogP contribution < -0.4 is 0 Å². The van der Waals surface area contributed by atoms with E-state index < -0.39 is 5.95 Å². The average Bonchev–Trinajstić information content (AvgIpc) is 2.94. The normalized spacial score (nSPS) is 10.5. The van der Waals surface area contributed by atoms with Gasteiger partial charge < -0.3 is 0 Å². The summed E-state index contributed by atoms with van der Waals surface area (Å²) in [5.41, 5.74) is 1.72. The maximum Gasteiger partial charge on any atom is 0.213 e. The minimum Gasteiger partial charge on any atom is -0.294 e. The maximum absolute atomic E-state index is 13.5. The standard InChI is InChI=1S/C18H9Cl2FN2OS/c1-9(24)17-16(12-3-2-11(19)7-14(12)20)13(8-22)18(25-17)10-4-5-23-15(21)6-10/h2-7H,1H3. The second-order valence-corrected chi connectivity index (χ2v) is 7.03. The van der Waals surface area contributed by atoms with Crippen molar-refractivity contribution in [2.75, 3.05) is 0 Å². The van der Waals surface area contributed by atoms with Crippen LogP contribution in [0.15, 0.2) is 36.5 Å². The molecule has 0 fully saturated rings. The third-order valence-corrected chi connectivity index (χ3v) is 5.42. The molecule has 2 heterocycles. The van der Waals surface area contributed by atoms with E-state index in [0.29, 0.717) is 36.5 Å². The predicted molar refractivity (Wildman–Crippen MR) is 97.7 cm³/mol. The van der Waals surface area contributed by atoms with Crippen molar-refractivity contribution >= 4 is 40.3 Å². The molecule has 0 amide bonds. The van der Waals surface area contributed by atoms with Gasteiger partial charge in [0.1, 0.15) is 6.07 Å². The molecule has 0 aliphatic carbocycles. The molecular weight excluding hydrogens is 382 g/mol. The Kier molecular flexibility index (Phi) is 4.87. The van der Waals surface area contributed by atoms with Gasteiger partial charge in [0.05, 0.1) is 15.3 Å². The molecule has 3 aromatic rings. The number of ketones is 1. The van der Waals surface area contributed by atoms with E-state index >= 15 is 0 Å². The molecule has 124 valence electrons. The molecule has 3 rings (SSSR count). The number of benzene rings is 1. The molecule has 7 heteroatoms. The second kappa shape index (κ2) is 6.93. The van der Waals surface area contributed by atoms with E-state index in [1.807, 2.05) is 0 Å². The van der Waals surface area contributed by atoms with Crippen LogP contribution in [0.5, 0.6) is 0 Å². The van der Waals surface area contributed by atoms with E-state index in [0.717, 1.165) is 11.3 Å². The van der Waals surface area contributed by atoms with Gasteiger partial charge in [-0.3, -0.25) is 4.79 Å². The van der Waals surface area contributed by atoms with Crippen molar-refractivity contribution in [2.45, 2.75) is 6.92 Å². The molecule has 0 radical (unpaired) electrons. The van der Waals surface area contributed by atoms with Crippen LogP contribution in [0, 0.1) is 17.3 Å². The van der Waals surface area contributed by atoms with Gasteiger partial charge in [-0.15, -0.1) is 11.3 Å². The molecule has 3 nitrogen and oxygen atoms in total. The number of nitrogens with zero attached hydrogens (tertiary/aromatic N) is 2. The zero-order valence-electron chi connectivity index (χ0n) is 12.8. The number of aromatic nitrogens is 1. The molecule has 0 saturated carbocycles. The van der Waals surface area contributed by atoms with Crippen molar-refractivity contribution in [2.24, 2.45) is 0 Å². The topological polar surface area (TPSA) is 53.8 Å². The fourth-order valence-corrected chi connectivity index (χ4v) is 4.14. The first-order valence-corrected chi connectivity index (χ1v) is 8.64. The highest BCUT2D eigenvalue weighted by molar-refractivity contribution is 7.18. The molecule has 0 N–H and O–H groups in total.